The Hall–Kier alpha value is -3.35. The molecule has 0 aromatic rings. The van der Waals surface area contributed by atoms with Crippen molar-refractivity contribution in [2.75, 3.05) is 6.54 Å². The molecule has 2 rings (SSSR count). The van der Waals surface area contributed by atoms with Gasteiger partial charge >= 0.3 is 0 Å². The van der Waals surface area contributed by atoms with E-state index >= 15 is 0 Å². The van der Waals surface area contributed by atoms with Crippen molar-refractivity contribution in [3.8, 4) is 6.07 Å². The van der Waals surface area contributed by atoms with Crippen LogP contribution in [0.5, 0.6) is 0 Å². The van der Waals surface area contributed by atoms with Gasteiger partial charge in [0.25, 0.3) is 11.8 Å². The summed E-state index contributed by atoms with van der Waals surface area (Å²) >= 11 is 0. The molecule has 1 saturated heterocycles. The topological polar surface area (TPSA) is 149 Å². The summed E-state index contributed by atoms with van der Waals surface area (Å²) in [5.74, 6) is -3.85. The number of carbonyl (C=O) groups excluding carboxylic acids is 5. The lowest BCUT2D eigenvalue weighted by atomic mass is 9.97. The molecule has 1 fully saturated rings. The first kappa shape index (κ1) is 23.9. The predicted octanol–water partition coefficient (Wildman–Crippen LogP) is -0.111. The van der Waals surface area contributed by atoms with E-state index in [0.717, 1.165) is 0 Å². The van der Waals surface area contributed by atoms with Crippen LogP contribution in [0, 0.1) is 23.2 Å². The first-order chi connectivity index (χ1) is 14.6. The third-order valence-electron chi connectivity index (χ3n) is 5.25. The van der Waals surface area contributed by atoms with E-state index in [1.54, 1.807) is 26.0 Å². The van der Waals surface area contributed by atoms with Crippen LogP contribution in [-0.2, 0) is 24.0 Å². The second kappa shape index (κ2) is 10.6. The molecule has 0 aromatic carbocycles. The molecule has 0 bridgehead atoms. The van der Waals surface area contributed by atoms with Gasteiger partial charge in [0.05, 0.1) is 12.0 Å². The van der Waals surface area contributed by atoms with Crippen molar-refractivity contribution >= 4 is 35.6 Å². The van der Waals surface area contributed by atoms with Crippen molar-refractivity contribution in [3.05, 3.63) is 12.2 Å². The largest absolute Gasteiger partial charge is 0.344 e. The number of hydrogen-bond donors (Lipinski definition) is 2. The van der Waals surface area contributed by atoms with Crippen LogP contribution in [0.2, 0.25) is 0 Å². The minimum absolute atomic E-state index is 0.00649. The van der Waals surface area contributed by atoms with Crippen molar-refractivity contribution in [1.29, 1.82) is 5.26 Å². The quantitative estimate of drug-likeness (QED) is 0.514. The van der Waals surface area contributed by atoms with Crippen LogP contribution in [-0.4, -0.2) is 65.2 Å². The fourth-order valence-corrected chi connectivity index (χ4v) is 3.65. The number of aliphatic imine (C=N–C) groups is 1. The van der Waals surface area contributed by atoms with Gasteiger partial charge in [0.15, 0.2) is 0 Å². The highest BCUT2D eigenvalue weighted by Gasteiger charge is 2.41. The minimum Gasteiger partial charge on any atom is -0.344 e. The maximum absolute atomic E-state index is 13.0. The first-order valence-electron chi connectivity index (χ1n) is 10.2. The van der Waals surface area contributed by atoms with Gasteiger partial charge in [0, 0.05) is 19.7 Å². The second-order valence-electron chi connectivity index (χ2n) is 7.97. The van der Waals surface area contributed by atoms with Gasteiger partial charge in [0.2, 0.25) is 17.6 Å². The SMILES string of the molecule is CC(=O)N[C@H](C(=O)N1CCC[C@H]1C(=O)C(=O)N[C@H](C#N)CC1C=CC=NC1=O)C(C)C. The zero-order chi connectivity index (χ0) is 23.1. The summed E-state index contributed by atoms with van der Waals surface area (Å²) in [6.45, 7) is 5.16. The number of nitrogens with one attached hydrogen (secondary N) is 2. The Labute approximate surface area is 180 Å². The monoisotopic (exact) mass is 429 g/mol. The van der Waals surface area contributed by atoms with Gasteiger partial charge < -0.3 is 15.5 Å². The average molecular weight is 429 g/mol. The summed E-state index contributed by atoms with van der Waals surface area (Å²) in [5.41, 5.74) is 0. The summed E-state index contributed by atoms with van der Waals surface area (Å²) in [4.78, 5) is 66.5. The van der Waals surface area contributed by atoms with Crippen LogP contribution >= 0.6 is 0 Å². The number of allylic oxidation sites excluding steroid dienone is 1. The zero-order valence-corrected chi connectivity index (χ0v) is 17.8. The molecule has 2 N–H and O–H groups in total. The van der Waals surface area contributed by atoms with Crippen molar-refractivity contribution in [3.63, 3.8) is 0 Å². The molecule has 10 heteroatoms. The molecule has 2 aliphatic heterocycles. The van der Waals surface area contributed by atoms with Gasteiger partial charge in [-0.05, 0) is 31.3 Å². The Morgan fingerprint density at radius 3 is 2.58 bits per heavy atom. The van der Waals surface area contributed by atoms with Gasteiger partial charge in [-0.3, -0.25) is 24.0 Å². The van der Waals surface area contributed by atoms with Crippen molar-refractivity contribution in [2.24, 2.45) is 16.8 Å². The molecule has 4 amide bonds. The number of ketones is 1. The van der Waals surface area contributed by atoms with Crippen LogP contribution < -0.4 is 10.6 Å². The lowest BCUT2D eigenvalue weighted by Crippen LogP contribution is -2.55. The van der Waals surface area contributed by atoms with Gasteiger partial charge in [-0.25, -0.2) is 4.99 Å². The van der Waals surface area contributed by atoms with Gasteiger partial charge in [-0.15, -0.1) is 0 Å². The van der Waals surface area contributed by atoms with Crippen molar-refractivity contribution in [1.82, 2.24) is 15.5 Å². The molecule has 1 unspecified atom stereocenters. The highest BCUT2D eigenvalue weighted by atomic mass is 16.2. The number of likely N-dealkylation sites (tertiary alicyclic amines) is 1. The molecule has 0 aliphatic carbocycles. The number of dihydropyridines is 1. The number of amides is 4. The Morgan fingerprint density at radius 2 is 2.00 bits per heavy atom. The van der Waals surface area contributed by atoms with E-state index in [-0.39, 0.29) is 18.2 Å². The van der Waals surface area contributed by atoms with E-state index < -0.39 is 47.5 Å². The maximum atomic E-state index is 13.0. The molecule has 4 atom stereocenters. The number of nitrogens with zero attached hydrogens (tertiary/aromatic N) is 3. The maximum Gasteiger partial charge on any atom is 0.290 e. The normalized spacial score (nSPS) is 22.0. The van der Waals surface area contributed by atoms with Crippen LogP contribution in [0.3, 0.4) is 0 Å². The Morgan fingerprint density at radius 1 is 1.29 bits per heavy atom. The number of rotatable bonds is 8. The molecule has 2 heterocycles. The molecule has 0 saturated carbocycles. The fraction of sp³-hybridized carbons (Fsp3) is 0.571. The Bertz CT molecular complexity index is 857. The van der Waals surface area contributed by atoms with Gasteiger partial charge in [-0.2, -0.15) is 5.26 Å². The Kier molecular flexibility index (Phi) is 8.19. The van der Waals surface area contributed by atoms with E-state index in [2.05, 4.69) is 15.6 Å². The molecular formula is C21H27N5O5. The first-order valence-corrected chi connectivity index (χ1v) is 10.2. The van der Waals surface area contributed by atoms with E-state index in [0.29, 0.717) is 19.4 Å². The van der Waals surface area contributed by atoms with Crippen LogP contribution in [0.4, 0.5) is 0 Å². The molecule has 0 spiro atoms. The van der Waals surface area contributed by atoms with E-state index in [1.807, 2.05) is 6.07 Å². The van der Waals surface area contributed by atoms with Crippen molar-refractivity contribution in [2.45, 2.75) is 58.2 Å². The highest BCUT2D eigenvalue weighted by molar-refractivity contribution is 6.38. The number of Topliss-reactive ketones (excluding diaryl/α,β-unsaturated/α-hetero) is 1. The number of carbonyl (C=O) groups is 5. The van der Waals surface area contributed by atoms with E-state index in [4.69, 9.17) is 0 Å². The standard InChI is InChI=1S/C21H27N5O5/c1-12(2)17(24-13(3)27)21(31)26-9-5-7-16(26)18(28)20(30)25-15(11-22)10-14-6-4-8-23-19(14)29/h4,6,8,12,14-17H,5,7,9-10H2,1-3H3,(H,24,27)(H,25,30)/t14?,15-,16-,17-/m0/s1. The summed E-state index contributed by atoms with van der Waals surface area (Å²) < 4.78 is 0. The summed E-state index contributed by atoms with van der Waals surface area (Å²) in [7, 11) is 0. The fourth-order valence-electron chi connectivity index (χ4n) is 3.65. The Balaban J connectivity index is 2.05. The van der Waals surface area contributed by atoms with E-state index in [1.165, 1.54) is 18.0 Å². The smallest absolute Gasteiger partial charge is 0.290 e. The molecular weight excluding hydrogens is 402 g/mol. The molecule has 0 aromatic heterocycles. The van der Waals surface area contributed by atoms with Gasteiger partial charge in [0.1, 0.15) is 18.1 Å². The summed E-state index contributed by atoms with van der Waals surface area (Å²) in [6.07, 6.45) is 5.36. The van der Waals surface area contributed by atoms with Crippen molar-refractivity contribution < 1.29 is 24.0 Å². The number of hydrogen-bond acceptors (Lipinski definition) is 6. The lowest BCUT2D eigenvalue weighted by Gasteiger charge is -2.30. The summed E-state index contributed by atoms with van der Waals surface area (Å²) in [6, 6.07) is -0.930. The lowest BCUT2D eigenvalue weighted by molar-refractivity contribution is -0.146. The zero-order valence-electron chi connectivity index (χ0n) is 17.8. The molecule has 10 nitrogen and oxygen atoms in total. The van der Waals surface area contributed by atoms with Crippen LogP contribution in [0.1, 0.15) is 40.0 Å². The molecule has 31 heavy (non-hydrogen) atoms. The molecule has 2 aliphatic rings. The van der Waals surface area contributed by atoms with Crippen LogP contribution in [0.15, 0.2) is 17.1 Å². The van der Waals surface area contributed by atoms with Gasteiger partial charge in [-0.1, -0.05) is 19.9 Å². The predicted molar refractivity (Wildman–Crippen MR) is 110 cm³/mol. The molecule has 0 radical (unpaired) electrons. The highest BCUT2D eigenvalue weighted by Crippen LogP contribution is 2.21. The van der Waals surface area contributed by atoms with E-state index in [9.17, 15) is 29.2 Å². The second-order valence-corrected chi connectivity index (χ2v) is 7.97. The minimum atomic E-state index is -1.06. The molecule has 166 valence electrons. The third kappa shape index (κ3) is 6.07. The van der Waals surface area contributed by atoms with Crippen LogP contribution in [0.25, 0.3) is 0 Å². The average Bonchev–Trinajstić information content (AvgIpc) is 3.21. The number of nitriles is 1. The summed E-state index contributed by atoms with van der Waals surface area (Å²) in [5, 5.41) is 14.3. The third-order valence-corrected chi connectivity index (χ3v) is 5.25.